The van der Waals surface area contributed by atoms with Crippen LogP contribution in [0.3, 0.4) is 0 Å². The average molecular weight is 413 g/mol. The van der Waals surface area contributed by atoms with Crippen molar-refractivity contribution in [3.63, 3.8) is 0 Å². The first kappa shape index (κ1) is 20.0. The first-order valence-electron chi connectivity index (χ1n) is 10.4. The number of fused-ring (bicyclic) bond motifs is 1. The van der Waals surface area contributed by atoms with Gasteiger partial charge in [-0.1, -0.05) is 44.0 Å². The van der Waals surface area contributed by atoms with E-state index in [1.807, 2.05) is 31.2 Å². The molecule has 4 rings (SSSR count). The number of hydrogen-bond acceptors (Lipinski definition) is 3. The molecule has 6 heteroatoms. The molecule has 0 radical (unpaired) electrons. The van der Waals surface area contributed by atoms with E-state index in [4.69, 9.17) is 0 Å². The highest BCUT2D eigenvalue weighted by atomic mass is 32.2. The van der Waals surface area contributed by atoms with E-state index in [-0.39, 0.29) is 22.9 Å². The molecule has 3 atom stereocenters. The van der Waals surface area contributed by atoms with Gasteiger partial charge in [0, 0.05) is 17.6 Å². The van der Waals surface area contributed by atoms with Crippen molar-refractivity contribution in [3.8, 4) is 0 Å². The van der Waals surface area contributed by atoms with E-state index in [0.717, 1.165) is 30.5 Å². The monoisotopic (exact) mass is 412 g/mol. The van der Waals surface area contributed by atoms with Gasteiger partial charge in [0.1, 0.15) is 0 Å². The Morgan fingerprint density at radius 3 is 2.59 bits per heavy atom. The molecule has 2 aromatic rings. The van der Waals surface area contributed by atoms with E-state index < -0.39 is 10.0 Å². The molecule has 1 aliphatic carbocycles. The first-order chi connectivity index (χ1) is 13.9. The fraction of sp³-hybridized carbons (Fsp3) is 0.435. The highest BCUT2D eigenvalue weighted by molar-refractivity contribution is 7.92. The Morgan fingerprint density at radius 1 is 1.03 bits per heavy atom. The molecule has 1 N–H and O–H groups in total. The number of amides is 1. The largest absolute Gasteiger partial charge is 0.349 e. The molecule has 0 unspecified atom stereocenters. The number of para-hydroxylation sites is 1. The van der Waals surface area contributed by atoms with Gasteiger partial charge in [0.2, 0.25) is 0 Å². The summed E-state index contributed by atoms with van der Waals surface area (Å²) in [5, 5.41) is 3.11. The zero-order chi connectivity index (χ0) is 20.6. The summed E-state index contributed by atoms with van der Waals surface area (Å²) in [5.74, 6) is 0.247. The lowest BCUT2D eigenvalue weighted by atomic mass is 9.86. The van der Waals surface area contributed by atoms with E-state index in [2.05, 4.69) is 12.2 Å². The van der Waals surface area contributed by atoms with Crippen molar-refractivity contribution in [2.45, 2.75) is 62.9 Å². The number of rotatable bonds is 4. The summed E-state index contributed by atoms with van der Waals surface area (Å²) in [5.41, 5.74) is 2.15. The topological polar surface area (TPSA) is 66.5 Å². The van der Waals surface area contributed by atoms with E-state index in [9.17, 15) is 13.2 Å². The summed E-state index contributed by atoms with van der Waals surface area (Å²) in [7, 11) is -3.75. The molecule has 1 saturated carbocycles. The smallest absolute Gasteiger partial charge is 0.264 e. The second-order valence-electron chi connectivity index (χ2n) is 8.35. The maximum Gasteiger partial charge on any atom is 0.264 e. The number of sulfonamides is 1. The molecule has 0 bridgehead atoms. The highest BCUT2D eigenvalue weighted by Gasteiger charge is 2.36. The van der Waals surface area contributed by atoms with Crippen LogP contribution in [0.25, 0.3) is 0 Å². The summed E-state index contributed by atoms with van der Waals surface area (Å²) in [6.45, 7) is 4.08. The normalized spacial score (nSPS) is 24.2. The molecule has 1 aliphatic heterocycles. The van der Waals surface area contributed by atoms with Crippen LogP contribution >= 0.6 is 0 Å². The minimum Gasteiger partial charge on any atom is -0.349 e. The molecule has 0 saturated heterocycles. The lowest BCUT2D eigenvalue weighted by Crippen LogP contribution is -2.41. The van der Waals surface area contributed by atoms with Gasteiger partial charge in [-0.3, -0.25) is 9.10 Å². The van der Waals surface area contributed by atoms with Gasteiger partial charge in [-0.2, -0.15) is 0 Å². The third-order valence-corrected chi connectivity index (χ3v) is 8.15. The Kier molecular flexibility index (Phi) is 5.38. The molecule has 1 heterocycles. The maximum absolute atomic E-state index is 13.4. The molecular formula is C23H28N2O3S. The molecular weight excluding hydrogens is 384 g/mol. The van der Waals surface area contributed by atoms with Crippen LogP contribution in [-0.2, 0) is 16.4 Å². The fourth-order valence-electron chi connectivity index (χ4n) is 4.60. The quantitative estimate of drug-likeness (QED) is 0.821. The number of carbonyl (C=O) groups is 1. The zero-order valence-electron chi connectivity index (χ0n) is 17.0. The predicted octanol–water partition coefficient (Wildman–Crippen LogP) is 4.14. The molecule has 0 spiro atoms. The average Bonchev–Trinajstić information content (AvgIpc) is 3.06. The second-order valence-corrected chi connectivity index (χ2v) is 10.2. The Bertz CT molecular complexity index is 1020. The second kappa shape index (κ2) is 7.82. The minimum atomic E-state index is -3.75. The SMILES string of the molecule is C[C@@H]1CCCC[C@H]1NC(=O)c1cccc(S(=O)(=O)N2c3ccccc3C[C@@H]2C)c1. The Hall–Kier alpha value is -2.34. The van der Waals surface area contributed by atoms with Crippen molar-refractivity contribution >= 4 is 21.6 Å². The van der Waals surface area contributed by atoms with Crippen molar-refractivity contribution in [2.75, 3.05) is 4.31 Å². The molecule has 2 aliphatic rings. The molecule has 154 valence electrons. The number of anilines is 1. The zero-order valence-corrected chi connectivity index (χ0v) is 17.8. The van der Waals surface area contributed by atoms with Crippen LogP contribution in [0.5, 0.6) is 0 Å². The van der Waals surface area contributed by atoms with Crippen LogP contribution in [0.4, 0.5) is 5.69 Å². The number of nitrogens with zero attached hydrogens (tertiary/aromatic N) is 1. The maximum atomic E-state index is 13.4. The van der Waals surface area contributed by atoms with Crippen LogP contribution in [0.15, 0.2) is 53.4 Å². The van der Waals surface area contributed by atoms with E-state index in [1.165, 1.54) is 16.8 Å². The van der Waals surface area contributed by atoms with Gasteiger partial charge < -0.3 is 5.32 Å². The Balaban J connectivity index is 1.60. The van der Waals surface area contributed by atoms with Gasteiger partial charge in [-0.25, -0.2) is 8.42 Å². The standard InChI is InChI=1S/C23H28N2O3S/c1-16-8-3-5-12-21(16)24-23(26)19-10-7-11-20(15-19)29(27,28)25-17(2)14-18-9-4-6-13-22(18)25/h4,6-7,9-11,13,15-17,21H,3,5,8,12,14H2,1-2H3,(H,24,26)/t16-,17+,21-/m1/s1. The first-order valence-corrected chi connectivity index (χ1v) is 11.8. The predicted molar refractivity (Wildman–Crippen MR) is 115 cm³/mol. The van der Waals surface area contributed by atoms with E-state index >= 15 is 0 Å². The summed E-state index contributed by atoms with van der Waals surface area (Å²) >= 11 is 0. The number of hydrogen-bond donors (Lipinski definition) is 1. The summed E-state index contributed by atoms with van der Waals surface area (Å²) < 4.78 is 28.3. The van der Waals surface area contributed by atoms with Crippen LogP contribution in [0.2, 0.25) is 0 Å². The fourth-order valence-corrected chi connectivity index (χ4v) is 6.34. The van der Waals surface area contributed by atoms with Crippen LogP contribution in [-0.4, -0.2) is 26.4 Å². The van der Waals surface area contributed by atoms with Gasteiger partial charge in [0.15, 0.2) is 0 Å². The highest BCUT2D eigenvalue weighted by Crippen LogP contribution is 2.36. The third kappa shape index (κ3) is 3.78. The lowest BCUT2D eigenvalue weighted by molar-refractivity contribution is 0.0910. The third-order valence-electron chi connectivity index (χ3n) is 6.23. The molecule has 1 amide bonds. The molecule has 0 aromatic heterocycles. The van der Waals surface area contributed by atoms with Crippen molar-refractivity contribution in [3.05, 3.63) is 59.7 Å². The van der Waals surface area contributed by atoms with E-state index in [0.29, 0.717) is 17.9 Å². The number of carbonyl (C=O) groups excluding carboxylic acids is 1. The molecule has 1 fully saturated rings. The minimum absolute atomic E-state index is 0.155. The molecule has 29 heavy (non-hydrogen) atoms. The van der Waals surface area contributed by atoms with Gasteiger partial charge in [0.25, 0.3) is 15.9 Å². The van der Waals surface area contributed by atoms with Gasteiger partial charge in [-0.05, 0) is 61.9 Å². The van der Waals surface area contributed by atoms with Crippen LogP contribution in [0, 0.1) is 5.92 Å². The van der Waals surface area contributed by atoms with Crippen LogP contribution < -0.4 is 9.62 Å². The van der Waals surface area contributed by atoms with Gasteiger partial charge >= 0.3 is 0 Å². The summed E-state index contributed by atoms with van der Waals surface area (Å²) in [4.78, 5) is 13.0. The van der Waals surface area contributed by atoms with Crippen LogP contribution in [0.1, 0.15) is 55.5 Å². The van der Waals surface area contributed by atoms with Gasteiger partial charge in [-0.15, -0.1) is 0 Å². The van der Waals surface area contributed by atoms with Crippen molar-refractivity contribution in [2.24, 2.45) is 5.92 Å². The lowest BCUT2D eigenvalue weighted by Gasteiger charge is -2.29. The summed E-state index contributed by atoms with van der Waals surface area (Å²) in [6, 6.07) is 14.0. The number of benzene rings is 2. The van der Waals surface area contributed by atoms with Crippen molar-refractivity contribution in [1.29, 1.82) is 0 Å². The van der Waals surface area contributed by atoms with Gasteiger partial charge in [0.05, 0.1) is 10.6 Å². The molecule has 2 aromatic carbocycles. The van der Waals surface area contributed by atoms with E-state index in [1.54, 1.807) is 18.2 Å². The Morgan fingerprint density at radius 2 is 1.79 bits per heavy atom. The molecule has 5 nitrogen and oxygen atoms in total. The van der Waals surface area contributed by atoms with Crippen molar-refractivity contribution in [1.82, 2.24) is 5.32 Å². The summed E-state index contributed by atoms with van der Waals surface area (Å²) in [6.07, 6.45) is 5.11. The number of nitrogens with one attached hydrogen (secondary N) is 1. The van der Waals surface area contributed by atoms with Crippen molar-refractivity contribution < 1.29 is 13.2 Å². The Labute approximate surface area is 173 Å².